The van der Waals surface area contributed by atoms with Crippen LogP contribution in [-0.4, -0.2) is 224 Å². The smallest absolute Gasteiger partial charge is 0.408 e. The van der Waals surface area contributed by atoms with Gasteiger partial charge in [-0.05, 0) is 237 Å². The van der Waals surface area contributed by atoms with Crippen LogP contribution in [0, 0.1) is 0 Å². The first-order valence-corrected chi connectivity index (χ1v) is 46.5. The Bertz CT molecular complexity index is 5020. The summed E-state index contributed by atoms with van der Waals surface area (Å²) in [6.45, 7) is 38.8. The Morgan fingerprint density at radius 2 is 0.712 bits per heavy atom. The summed E-state index contributed by atoms with van der Waals surface area (Å²) in [5, 5.41) is 51.8. The molecule has 139 heavy (non-hydrogen) atoms. The Kier molecular flexibility index (Phi) is 41.4. The van der Waals surface area contributed by atoms with E-state index >= 15 is 33.6 Å². The molecule has 0 heterocycles. The average molecular weight is 1930 g/mol. The van der Waals surface area contributed by atoms with Crippen molar-refractivity contribution >= 4 is 83.0 Å². The van der Waals surface area contributed by atoms with Crippen LogP contribution >= 0.6 is 0 Å². The summed E-state index contributed by atoms with van der Waals surface area (Å²) >= 11 is 0. The summed E-state index contributed by atoms with van der Waals surface area (Å²) < 4.78 is 42.0. The van der Waals surface area contributed by atoms with Crippen molar-refractivity contribution in [1.29, 1.82) is 0 Å². The van der Waals surface area contributed by atoms with Crippen molar-refractivity contribution in [2.24, 2.45) is 0 Å². The number of aliphatic carboxylic acids is 1. The van der Waals surface area contributed by atoms with Crippen LogP contribution in [0.3, 0.4) is 0 Å². The molecule has 6 aromatic carbocycles. The second kappa shape index (κ2) is 50.1. The predicted octanol–water partition coefficient (Wildman–Crippen LogP) is 8.77. The van der Waals surface area contributed by atoms with Crippen molar-refractivity contribution in [2.45, 2.75) is 328 Å². The van der Waals surface area contributed by atoms with Crippen molar-refractivity contribution in [3.63, 3.8) is 0 Å². The number of rotatable bonds is 46. The third kappa shape index (κ3) is 40.2. The molecule has 0 aromatic heterocycles. The van der Waals surface area contributed by atoms with E-state index in [4.69, 9.17) is 33.2 Å². The number of hydrogen-bond acceptors (Lipinski definition) is 22. The highest BCUT2D eigenvalue weighted by Crippen LogP contribution is 2.38. The van der Waals surface area contributed by atoms with E-state index in [2.05, 4.69) is 63.8 Å². The van der Waals surface area contributed by atoms with E-state index in [1.165, 1.54) is 27.7 Å². The molecule has 35 nitrogen and oxygen atoms in total. The minimum absolute atomic E-state index is 0.102. The van der Waals surface area contributed by atoms with Crippen molar-refractivity contribution in [1.82, 2.24) is 63.8 Å². The summed E-state index contributed by atoms with van der Waals surface area (Å²) in [6, 6.07) is 33.9. The van der Waals surface area contributed by atoms with E-state index in [1.54, 1.807) is 183 Å². The molecule has 0 spiro atoms. The van der Waals surface area contributed by atoms with Gasteiger partial charge in [0.1, 0.15) is 99.4 Å². The highest BCUT2D eigenvalue weighted by atomic mass is 16.6. The standard InChI is InChI=1S/C104H146N12O23/c1-63(134-97(6,7)8)83(113-81(119)60-105-85(121)73(54-55-80(118)115-104(68-40-32-27-33-41-68,69-42-34-28-35-43-69)70-44-36-29-37-45-70)111-94(131)103(24,25)116-90(126)76(112-95(132)139-102(21,22)23)58-67-48-52-72(53-49-67)137-100(15,16)17)91(127)108-75(56-65-38-30-26-31-39-65)88(124)114-84(64(2)135-98(9,10)11)92(128)110-79(62-133-96(3,4)5)89(125)107-77(59-82(120)138-101(18,19)20)87(123)106-74(86(122)109-78(61-117)93(129)130)57-66-46-50-71(51-47-66)136-99(12,13)14/h26-53,63-64,73-79,83-84,117H,54-62H2,1-25H3,(H,105,121)(H,106,123)(H,107,125)(H,108,127)(H,109,122)(H,110,128)(H,111,131)(H,112,132)(H,113,119)(H,114,124)(H,115,118)(H,116,126)(H,129,130)/t63-,64-,73+,74+,75+,76+,77+,78+,79+,83+,84+/m1/s1. The molecule has 0 unspecified atom stereocenters. The van der Waals surface area contributed by atoms with Gasteiger partial charge in [-0.2, -0.15) is 0 Å². The van der Waals surface area contributed by atoms with Crippen molar-refractivity contribution in [2.75, 3.05) is 19.8 Å². The predicted molar refractivity (Wildman–Crippen MR) is 523 cm³/mol. The number of alkyl carbamates (subject to hydrolysis) is 1. The lowest BCUT2D eigenvalue weighted by Crippen LogP contribution is -2.64. The zero-order chi connectivity index (χ0) is 104. The number of aliphatic hydroxyl groups is 1. The third-order valence-corrected chi connectivity index (χ3v) is 20.5. The number of esters is 1. The van der Waals surface area contributed by atoms with Gasteiger partial charge in [0, 0.05) is 25.7 Å². The van der Waals surface area contributed by atoms with Crippen LogP contribution in [0.15, 0.2) is 170 Å². The summed E-state index contributed by atoms with van der Waals surface area (Å²) in [4.78, 5) is 205. The molecule has 11 atom stereocenters. The molecule has 14 N–H and O–H groups in total. The van der Waals surface area contributed by atoms with Gasteiger partial charge in [-0.1, -0.05) is 146 Å². The average Bonchev–Trinajstić information content (AvgIpc) is 0.751. The van der Waals surface area contributed by atoms with Crippen LogP contribution in [0.5, 0.6) is 11.5 Å². The highest BCUT2D eigenvalue weighted by Gasteiger charge is 2.44. The zero-order valence-corrected chi connectivity index (χ0v) is 84.8. The monoisotopic (exact) mass is 1930 g/mol. The van der Waals surface area contributed by atoms with Gasteiger partial charge < -0.3 is 107 Å². The Hall–Kier alpha value is -12.9. The second-order valence-electron chi connectivity index (χ2n) is 41.7. The van der Waals surface area contributed by atoms with Gasteiger partial charge in [0.25, 0.3) is 0 Å². The number of aliphatic hydroxyl groups excluding tert-OH is 1. The minimum atomic E-state index is -1.93. The molecule has 6 rings (SSSR count). The number of nitrogens with one attached hydrogen (secondary N) is 12. The molecule has 0 saturated carbocycles. The maximum absolute atomic E-state index is 15.6. The van der Waals surface area contributed by atoms with Crippen LogP contribution in [-0.2, 0) is 111 Å². The Morgan fingerprint density at radius 1 is 0.338 bits per heavy atom. The third-order valence-electron chi connectivity index (χ3n) is 20.5. The van der Waals surface area contributed by atoms with Gasteiger partial charge in [-0.3, -0.25) is 57.5 Å². The van der Waals surface area contributed by atoms with E-state index in [-0.39, 0.29) is 19.3 Å². The van der Waals surface area contributed by atoms with Gasteiger partial charge >= 0.3 is 18.0 Å². The van der Waals surface area contributed by atoms with Gasteiger partial charge in [-0.15, -0.1) is 0 Å². The first-order chi connectivity index (χ1) is 64.4. The molecule has 0 aliphatic rings. The maximum Gasteiger partial charge on any atom is 0.408 e. The lowest BCUT2D eigenvalue weighted by molar-refractivity contribution is -0.157. The van der Waals surface area contributed by atoms with Crippen molar-refractivity contribution in [3.8, 4) is 11.5 Å². The summed E-state index contributed by atoms with van der Waals surface area (Å²) in [6.07, 6.45) is -5.99. The van der Waals surface area contributed by atoms with Crippen LogP contribution in [0.1, 0.15) is 226 Å². The fourth-order valence-electron chi connectivity index (χ4n) is 14.5. The summed E-state index contributed by atoms with van der Waals surface area (Å²) in [7, 11) is 0. The summed E-state index contributed by atoms with van der Waals surface area (Å²) in [5.74, 6) is -12.6. The fourth-order valence-corrected chi connectivity index (χ4v) is 14.5. The molecule has 0 aliphatic carbocycles. The molecule has 0 saturated heterocycles. The van der Waals surface area contributed by atoms with E-state index in [9.17, 15) is 43.8 Å². The molecular weight excluding hydrogens is 1790 g/mol. The molecule has 12 amide bonds. The molecule has 0 bridgehead atoms. The fraction of sp³-hybridized carbons (Fsp3) is 0.519. The van der Waals surface area contributed by atoms with Gasteiger partial charge in [0.05, 0.1) is 55.2 Å². The van der Waals surface area contributed by atoms with Gasteiger partial charge in [0.15, 0.2) is 0 Å². The topological polar surface area (TPSA) is 488 Å². The van der Waals surface area contributed by atoms with E-state index in [1.807, 2.05) is 133 Å². The van der Waals surface area contributed by atoms with Crippen molar-refractivity contribution < 1.29 is 110 Å². The molecular formula is C104H146N12O23. The summed E-state index contributed by atoms with van der Waals surface area (Å²) in [5.41, 5.74) is -6.13. The molecule has 760 valence electrons. The maximum atomic E-state index is 15.6. The number of hydrogen-bond donors (Lipinski definition) is 14. The molecule has 0 fully saturated rings. The van der Waals surface area contributed by atoms with Gasteiger partial charge in [-0.25, -0.2) is 9.59 Å². The lowest BCUT2D eigenvalue weighted by atomic mass is 9.77. The number of amides is 12. The largest absolute Gasteiger partial charge is 0.488 e. The number of carboxylic acid groups (broad SMARTS) is 1. The quantitative estimate of drug-likeness (QED) is 0.0125. The molecule has 0 radical (unpaired) electrons. The van der Waals surface area contributed by atoms with Crippen LogP contribution in [0.25, 0.3) is 0 Å². The Labute approximate surface area is 816 Å². The van der Waals surface area contributed by atoms with Gasteiger partial charge in [0.2, 0.25) is 65.0 Å². The first kappa shape index (κ1) is 115. The highest BCUT2D eigenvalue weighted by molar-refractivity contribution is 6.00. The Balaban J connectivity index is 1.36. The van der Waals surface area contributed by atoms with E-state index in [0.717, 1.165) is 0 Å². The number of carboxylic acids is 1. The normalized spacial score (nSPS) is 14.6. The van der Waals surface area contributed by atoms with Crippen LogP contribution < -0.4 is 73.3 Å². The first-order valence-electron chi connectivity index (χ1n) is 46.5. The van der Waals surface area contributed by atoms with Crippen LogP contribution in [0.4, 0.5) is 4.79 Å². The second-order valence-corrected chi connectivity index (χ2v) is 41.7. The number of carbonyl (C=O) groups is 14. The number of benzene rings is 6. The zero-order valence-electron chi connectivity index (χ0n) is 84.8. The molecule has 0 aliphatic heterocycles. The number of carbonyl (C=O) groups excluding carboxylic acids is 13. The minimum Gasteiger partial charge on any atom is -0.488 e. The van der Waals surface area contributed by atoms with E-state index in [0.29, 0.717) is 44.9 Å². The molecule has 35 heteroatoms. The molecule has 6 aromatic rings. The van der Waals surface area contributed by atoms with Crippen molar-refractivity contribution in [3.05, 3.63) is 203 Å². The van der Waals surface area contributed by atoms with Crippen LogP contribution in [0.2, 0.25) is 0 Å². The SMILES string of the molecule is C[C@@H](OC(C)(C)C)[C@H](NC(=O)CNC(=O)[C@H](CCC(=O)NC(c1ccccc1)(c1ccccc1)c1ccccc1)NC(=O)C(C)(C)NC(=O)[C@H](Cc1ccc(OC(C)(C)C)cc1)NC(=O)OC(C)(C)C)C(=O)N[C@@H](Cc1ccccc1)C(=O)N[C@H](C(=O)N[C@@H](COC(C)(C)C)C(=O)N[C@@H](CC(=O)OC(C)(C)C)C(=O)N[C@@H](Cc1ccc(OC(C)(C)C)cc1)C(=O)N[C@@H](CO)C(=O)O)[C@@H](C)OC(C)(C)C. The lowest BCUT2D eigenvalue weighted by Gasteiger charge is -2.37. The Morgan fingerprint density at radius 3 is 1.12 bits per heavy atom. The van der Waals surface area contributed by atoms with E-state index < -0.39 is 239 Å². The number of ether oxygens (including phenoxy) is 7.